The second kappa shape index (κ2) is 3.45. The van der Waals surface area contributed by atoms with Gasteiger partial charge in [-0.05, 0) is 13.0 Å². The molecular formula is C9H13NO2. The van der Waals surface area contributed by atoms with Gasteiger partial charge in [0.25, 0.3) is 0 Å². The lowest BCUT2D eigenvalue weighted by Gasteiger charge is -2.10. The van der Waals surface area contributed by atoms with Gasteiger partial charge < -0.3 is 15.6 Å². The molecule has 66 valence electrons. The number of benzene rings is 1. The molecule has 0 aliphatic heterocycles. The summed E-state index contributed by atoms with van der Waals surface area (Å²) in [5.74, 6) is 0.597. The van der Waals surface area contributed by atoms with Gasteiger partial charge in [-0.25, -0.2) is 0 Å². The van der Waals surface area contributed by atoms with E-state index in [1.165, 1.54) is 7.11 Å². The highest BCUT2D eigenvalue weighted by Gasteiger charge is 2.09. The van der Waals surface area contributed by atoms with Crippen molar-refractivity contribution in [3.05, 3.63) is 23.8 Å². The highest BCUT2D eigenvalue weighted by Crippen LogP contribution is 2.32. The Labute approximate surface area is 71.8 Å². The predicted octanol–water partition coefficient (Wildman–Crippen LogP) is 1.42. The molecule has 0 saturated heterocycles. The summed E-state index contributed by atoms with van der Waals surface area (Å²) >= 11 is 0. The number of ether oxygens (including phenoxy) is 1. The van der Waals surface area contributed by atoms with Crippen LogP contribution < -0.4 is 10.5 Å². The Morgan fingerprint density at radius 3 is 2.67 bits per heavy atom. The molecule has 0 spiro atoms. The highest BCUT2D eigenvalue weighted by atomic mass is 16.5. The van der Waals surface area contributed by atoms with Gasteiger partial charge >= 0.3 is 0 Å². The van der Waals surface area contributed by atoms with E-state index in [0.717, 1.165) is 0 Å². The Morgan fingerprint density at radius 2 is 2.17 bits per heavy atom. The van der Waals surface area contributed by atoms with Crippen molar-refractivity contribution in [1.29, 1.82) is 0 Å². The largest absolute Gasteiger partial charge is 0.504 e. The number of rotatable bonds is 2. The summed E-state index contributed by atoms with van der Waals surface area (Å²) in [5.41, 5.74) is 6.33. The lowest BCUT2D eigenvalue weighted by molar-refractivity contribution is 0.369. The molecule has 0 aliphatic rings. The number of aromatic hydroxyl groups is 1. The standard InChI is InChI=1S/C9H13NO2/c1-6(10)7-4-3-5-8(12-2)9(7)11/h3-6,11H,10H2,1-2H3. The molecule has 3 nitrogen and oxygen atoms in total. The summed E-state index contributed by atoms with van der Waals surface area (Å²) in [4.78, 5) is 0. The van der Waals surface area contributed by atoms with Gasteiger partial charge in [-0.1, -0.05) is 12.1 Å². The number of methoxy groups -OCH3 is 1. The van der Waals surface area contributed by atoms with Gasteiger partial charge in [0, 0.05) is 11.6 Å². The highest BCUT2D eigenvalue weighted by molar-refractivity contribution is 5.46. The fourth-order valence-corrected chi connectivity index (χ4v) is 1.07. The molecule has 0 radical (unpaired) electrons. The van der Waals surface area contributed by atoms with Crippen molar-refractivity contribution < 1.29 is 9.84 Å². The van der Waals surface area contributed by atoms with Crippen LogP contribution in [0.5, 0.6) is 11.5 Å². The number of nitrogens with two attached hydrogens (primary N) is 1. The molecule has 3 heteroatoms. The maximum atomic E-state index is 9.55. The van der Waals surface area contributed by atoms with Crippen molar-refractivity contribution in [2.45, 2.75) is 13.0 Å². The fraction of sp³-hybridized carbons (Fsp3) is 0.333. The number of para-hydroxylation sites is 1. The minimum atomic E-state index is -0.180. The Kier molecular flexibility index (Phi) is 2.55. The maximum Gasteiger partial charge on any atom is 0.162 e. The molecule has 0 amide bonds. The predicted molar refractivity (Wildman–Crippen MR) is 47.3 cm³/mol. The molecular weight excluding hydrogens is 154 g/mol. The van der Waals surface area contributed by atoms with Crippen molar-refractivity contribution >= 4 is 0 Å². The van der Waals surface area contributed by atoms with Crippen molar-refractivity contribution in [3.63, 3.8) is 0 Å². The van der Waals surface area contributed by atoms with Crippen LogP contribution in [-0.2, 0) is 0 Å². The Bertz CT molecular complexity index is 271. The van der Waals surface area contributed by atoms with E-state index in [1.54, 1.807) is 18.2 Å². The van der Waals surface area contributed by atoms with Gasteiger partial charge in [0.05, 0.1) is 7.11 Å². The van der Waals surface area contributed by atoms with Crippen LogP contribution in [0.15, 0.2) is 18.2 Å². The van der Waals surface area contributed by atoms with Gasteiger partial charge in [-0.3, -0.25) is 0 Å². The molecule has 0 heterocycles. The van der Waals surface area contributed by atoms with Crippen molar-refractivity contribution in [3.8, 4) is 11.5 Å². The quantitative estimate of drug-likeness (QED) is 0.700. The average Bonchev–Trinajstić information content (AvgIpc) is 2.04. The Balaban J connectivity index is 3.14. The molecule has 1 atom stereocenters. The van der Waals surface area contributed by atoms with Gasteiger partial charge in [0.1, 0.15) is 0 Å². The summed E-state index contributed by atoms with van der Waals surface area (Å²) in [6.45, 7) is 1.81. The Morgan fingerprint density at radius 1 is 1.50 bits per heavy atom. The molecule has 0 fully saturated rings. The molecule has 0 aromatic heterocycles. The fourth-order valence-electron chi connectivity index (χ4n) is 1.07. The van der Waals surface area contributed by atoms with E-state index in [4.69, 9.17) is 10.5 Å². The van der Waals surface area contributed by atoms with Crippen LogP contribution >= 0.6 is 0 Å². The zero-order valence-electron chi connectivity index (χ0n) is 7.24. The van der Waals surface area contributed by atoms with Gasteiger partial charge in [-0.2, -0.15) is 0 Å². The van der Waals surface area contributed by atoms with Crippen LogP contribution in [0.3, 0.4) is 0 Å². The minimum absolute atomic E-state index is 0.134. The summed E-state index contributed by atoms with van der Waals surface area (Å²) in [6, 6.07) is 5.10. The molecule has 1 unspecified atom stereocenters. The van der Waals surface area contributed by atoms with E-state index >= 15 is 0 Å². The van der Waals surface area contributed by atoms with Gasteiger partial charge in [-0.15, -0.1) is 0 Å². The summed E-state index contributed by atoms with van der Waals surface area (Å²) < 4.78 is 4.93. The minimum Gasteiger partial charge on any atom is -0.504 e. The van der Waals surface area contributed by atoms with Crippen molar-refractivity contribution in [1.82, 2.24) is 0 Å². The maximum absolute atomic E-state index is 9.55. The van der Waals surface area contributed by atoms with Gasteiger partial charge in [0.2, 0.25) is 0 Å². The molecule has 12 heavy (non-hydrogen) atoms. The van der Waals surface area contributed by atoms with Gasteiger partial charge in [0.15, 0.2) is 11.5 Å². The summed E-state index contributed by atoms with van der Waals surface area (Å²) in [6.07, 6.45) is 0. The van der Waals surface area contributed by atoms with E-state index < -0.39 is 0 Å². The average molecular weight is 167 g/mol. The third kappa shape index (κ3) is 1.51. The van der Waals surface area contributed by atoms with E-state index in [1.807, 2.05) is 6.92 Å². The SMILES string of the molecule is COc1cccc(C(C)N)c1O. The van der Waals surface area contributed by atoms with Crippen LogP contribution in [0.25, 0.3) is 0 Å². The van der Waals surface area contributed by atoms with E-state index in [9.17, 15) is 5.11 Å². The van der Waals surface area contributed by atoms with E-state index in [2.05, 4.69) is 0 Å². The van der Waals surface area contributed by atoms with Crippen molar-refractivity contribution in [2.75, 3.05) is 7.11 Å². The molecule has 3 N–H and O–H groups in total. The second-order valence-corrected chi connectivity index (χ2v) is 2.69. The molecule has 0 aliphatic carbocycles. The van der Waals surface area contributed by atoms with Crippen LogP contribution in [0.1, 0.15) is 18.5 Å². The van der Waals surface area contributed by atoms with E-state index in [-0.39, 0.29) is 11.8 Å². The number of hydrogen-bond donors (Lipinski definition) is 2. The second-order valence-electron chi connectivity index (χ2n) is 2.69. The lowest BCUT2D eigenvalue weighted by atomic mass is 10.1. The normalized spacial score (nSPS) is 12.6. The lowest BCUT2D eigenvalue weighted by Crippen LogP contribution is -2.05. The van der Waals surface area contributed by atoms with Crippen LogP contribution in [0.4, 0.5) is 0 Å². The van der Waals surface area contributed by atoms with Crippen LogP contribution in [0, 0.1) is 0 Å². The molecule has 0 bridgehead atoms. The first kappa shape index (κ1) is 8.87. The topological polar surface area (TPSA) is 55.5 Å². The summed E-state index contributed by atoms with van der Waals surface area (Å²) in [7, 11) is 1.51. The number of phenolic OH excluding ortho intramolecular Hbond substituents is 1. The molecule has 1 aromatic carbocycles. The zero-order valence-corrected chi connectivity index (χ0v) is 7.24. The molecule has 0 saturated carbocycles. The third-order valence-electron chi connectivity index (χ3n) is 1.74. The number of hydrogen-bond acceptors (Lipinski definition) is 3. The van der Waals surface area contributed by atoms with Crippen LogP contribution in [0.2, 0.25) is 0 Å². The summed E-state index contributed by atoms with van der Waals surface area (Å²) in [5, 5.41) is 9.55. The first-order valence-electron chi connectivity index (χ1n) is 3.78. The van der Waals surface area contributed by atoms with E-state index in [0.29, 0.717) is 11.3 Å². The van der Waals surface area contributed by atoms with Crippen molar-refractivity contribution in [2.24, 2.45) is 5.73 Å². The van der Waals surface area contributed by atoms with Crippen LogP contribution in [-0.4, -0.2) is 12.2 Å². The first-order valence-corrected chi connectivity index (χ1v) is 3.78. The monoisotopic (exact) mass is 167 g/mol. The molecule has 1 aromatic rings. The third-order valence-corrected chi connectivity index (χ3v) is 1.74. The smallest absolute Gasteiger partial charge is 0.162 e. The number of phenols is 1. The molecule has 1 rings (SSSR count). The zero-order chi connectivity index (χ0) is 9.14. The first-order chi connectivity index (χ1) is 5.66. The Hall–Kier alpha value is -1.22.